The maximum Gasteiger partial charge on any atom is 0.271 e. The highest BCUT2D eigenvalue weighted by Crippen LogP contribution is 2.24. The molecule has 0 fully saturated rings. The normalized spacial score (nSPS) is 11.0. The van der Waals surface area contributed by atoms with Crippen LogP contribution in [0.25, 0.3) is 5.69 Å². The number of allylic oxidation sites excluding steroid dienone is 1. The minimum absolute atomic E-state index is 0.196. The van der Waals surface area contributed by atoms with E-state index < -0.39 is 0 Å². The van der Waals surface area contributed by atoms with Crippen molar-refractivity contribution in [3.05, 3.63) is 58.4 Å². The lowest BCUT2D eigenvalue weighted by atomic mass is 10.3. The quantitative estimate of drug-likeness (QED) is 0.670. The lowest BCUT2D eigenvalue weighted by molar-refractivity contribution is 0.0949. The SMILES string of the molecule is C/C=C/CCNC(=O)c1ccn(-c2ccc(Cl)c(Cl)c2)n1. The smallest absolute Gasteiger partial charge is 0.271 e. The van der Waals surface area contributed by atoms with Gasteiger partial charge in [-0.2, -0.15) is 5.10 Å². The highest BCUT2D eigenvalue weighted by molar-refractivity contribution is 6.42. The van der Waals surface area contributed by atoms with E-state index >= 15 is 0 Å². The minimum atomic E-state index is -0.196. The first-order chi connectivity index (χ1) is 10.1. The van der Waals surface area contributed by atoms with E-state index in [1.165, 1.54) is 0 Å². The number of hydrogen-bond acceptors (Lipinski definition) is 2. The Kier molecular flexibility index (Phi) is 5.42. The van der Waals surface area contributed by atoms with Crippen molar-refractivity contribution in [1.82, 2.24) is 15.1 Å². The molecular formula is C15H15Cl2N3O. The third-order valence-electron chi connectivity index (χ3n) is 2.82. The monoisotopic (exact) mass is 323 g/mol. The van der Waals surface area contributed by atoms with Gasteiger partial charge in [0.15, 0.2) is 5.69 Å². The molecule has 6 heteroatoms. The summed E-state index contributed by atoms with van der Waals surface area (Å²) in [6.07, 6.45) is 6.45. The summed E-state index contributed by atoms with van der Waals surface area (Å²) in [6, 6.07) is 6.84. The van der Waals surface area contributed by atoms with Crippen LogP contribution in [0, 0.1) is 0 Å². The summed E-state index contributed by atoms with van der Waals surface area (Å²) in [6.45, 7) is 2.53. The zero-order valence-corrected chi connectivity index (χ0v) is 13.0. The molecular weight excluding hydrogens is 309 g/mol. The number of carbonyl (C=O) groups is 1. The van der Waals surface area contributed by atoms with Crippen molar-refractivity contribution in [1.29, 1.82) is 0 Å². The lowest BCUT2D eigenvalue weighted by Crippen LogP contribution is -2.24. The van der Waals surface area contributed by atoms with Crippen molar-refractivity contribution in [3.8, 4) is 5.69 Å². The molecule has 0 saturated heterocycles. The Morgan fingerprint density at radius 2 is 2.14 bits per heavy atom. The van der Waals surface area contributed by atoms with Crippen LogP contribution in [0.4, 0.5) is 0 Å². The third-order valence-corrected chi connectivity index (χ3v) is 3.56. The van der Waals surface area contributed by atoms with Crippen LogP contribution in [0.15, 0.2) is 42.6 Å². The number of aromatic nitrogens is 2. The molecule has 0 aliphatic rings. The second kappa shape index (κ2) is 7.29. The van der Waals surface area contributed by atoms with Gasteiger partial charge in [-0.15, -0.1) is 0 Å². The summed E-state index contributed by atoms with van der Waals surface area (Å²) in [5, 5.41) is 7.97. The average Bonchev–Trinajstić information content (AvgIpc) is 2.96. The highest BCUT2D eigenvalue weighted by Gasteiger charge is 2.10. The van der Waals surface area contributed by atoms with Gasteiger partial charge in [0.2, 0.25) is 0 Å². The van der Waals surface area contributed by atoms with Gasteiger partial charge in [-0.1, -0.05) is 35.4 Å². The Balaban J connectivity index is 2.06. The number of carbonyl (C=O) groups excluding carboxylic acids is 1. The topological polar surface area (TPSA) is 46.9 Å². The number of amides is 1. The van der Waals surface area contributed by atoms with Crippen molar-refractivity contribution < 1.29 is 4.79 Å². The fourth-order valence-electron chi connectivity index (χ4n) is 1.74. The molecule has 1 aromatic carbocycles. The van der Waals surface area contributed by atoms with Crippen molar-refractivity contribution in [3.63, 3.8) is 0 Å². The zero-order chi connectivity index (χ0) is 15.2. The average molecular weight is 324 g/mol. The number of halogens is 2. The molecule has 2 rings (SSSR count). The summed E-state index contributed by atoms with van der Waals surface area (Å²) in [5.41, 5.74) is 1.11. The molecule has 0 unspecified atom stereocenters. The largest absolute Gasteiger partial charge is 0.350 e. The Morgan fingerprint density at radius 3 is 2.86 bits per heavy atom. The number of nitrogens with one attached hydrogen (secondary N) is 1. The molecule has 1 amide bonds. The first-order valence-electron chi connectivity index (χ1n) is 6.52. The van der Waals surface area contributed by atoms with E-state index in [4.69, 9.17) is 23.2 Å². The Bertz CT molecular complexity index is 665. The Morgan fingerprint density at radius 1 is 1.33 bits per heavy atom. The van der Waals surface area contributed by atoms with Crippen LogP contribution in [0.3, 0.4) is 0 Å². The molecule has 0 saturated carbocycles. The Hall–Kier alpha value is -1.78. The van der Waals surface area contributed by atoms with Gasteiger partial charge in [0.1, 0.15) is 0 Å². The van der Waals surface area contributed by atoms with Crippen LogP contribution in [-0.4, -0.2) is 22.2 Å². The van der Waals surface area contributed by atoms with Crippen molar-refractivity contribution in [2.45, 2.75) is 13.3 Å². The van der Waals surface area contributed by atoms with Gasteiger partial charge in [0, 0.05) is 12.7 Å². The molecule has 0 atom stereocenters. The standard InChI is InChI=1S/C15H15Cl2N3O/c1-2-3-4-8-18-15(21)14-7-9-20(19-14)11-5-6-12(16)13(17)10-11/h2-3,5-7,9-10H,4,8H2,1H3,(H,18,21)/b3-2+. The molecule has 0 radical (unpaired) electrons. The van der Waals surface area contributed by atoms with Crippen molar-refractivity contribution in [2.24, 2.45) is 0 Å². The molecule has 2 aromatic rings. The molecule has 4 nitrogen and oxygen atoms in total. The maximum absolute atomic E-state index is 11.9. The van der Waals surface area contributed by atoms with Gasteiger partial charge in [0.25, 0.3) is 5.91 Å². The van der Waals surface area contributed by atoms with E-state index in [1.807, 2.05) is 19.1 Å². The number of benzene rings is 1. The summed E-state index contributed by atoms with van der Waals surface area (Å²) >= 11 is 11.8. The molecule has 0 bridgehead atoms. The van der Waals surface area contributed by atoms with Crippen LogP contribution in [0.5, 0.6) is 0 Å². The molecule has 21 heavy (non-hydrogen) atoms. The molecule has 1 aromatic heterocycles. The first-order valence-corrected chi connectivity index (χ1v) is 7.28. The van der Waals surface area contributed by atoms with E-state index in [0.29, 0.717) is 22.3 Å². The fraction of sp³-hybridized carbons (Fsp3) is 0.200. The van der Waals surface area contributed by atoms with Gasteiger partial charge >= 0.3 is 0 Å². The van der Waals surface area contributed by atoms with Crippen molar-refractivity contribution >= 4 is 29.1 Å². The van der Waals surface area contributed by atoms with E-state index in [2.05, 4.69) is 10.4 Å². The van der Waals surface area contributed by atoms with Gasteiger partial charge in [0.05, 0.1) is 15.7 Å². The van der Waals surface area contributed by atoms with Crippen LogP contribution < -0.4 is 5.32 Å². The second-order valence-corrected chi connectivity index (χ2v) is 5.17. The van der Waals surface area contributed by atoms with Crippen molar-refractivity contribution in [2.75, 3.05) is 6.54 Å². The van der Waals surface area contributed by atoms with Crippen LogP contribution in [0.1, 0.15) is 23.8 Å². The maximum atomic E-state index is 11.9. The van der Waals surface area contributed by atoms with E-state index in [0.717, 1.165) is 12.1 Å². The highest BCUT2D eigenvalue weighted by atomic mass is 35.5. The van der Waals surface area contributed by atoms with E-state index in [9.17, 15) is 4.79 Å². The lowest BCUT2D eigenvalue weighted by Gasteiger charge is -2.03. The van der Waals surface area contributed by atoms with E-state index in [1.54, 1.807) is 35.1 Å². The van der Waals surface area contributed by atoms with Gasteiger partial charge in [-0.3, -0.25) is 4.79 Å². The summed E-state index contributed by atoms with van der Waals surface area (Å²) in [4.78, 5) is 11.9. The second-order valence-electron chi connectivity index (χ2n) is 4.36. The summed E-state index contributed by atoms with van der Waals surface area (Å²) in [7, 11) is 0. The fourth-order valence-corrected chi connectivity index (χ4v) is 2.03. The number of nitrogens with zero attached hydrogens (tertiary/aromatic N) is 2. The molecule has 1 heterocycles. The zero-order valence-electron chi connectivity index (χ0n) is 11.5. The predicted octanol–water partition coefficient (Wildman–Crippen LogP) is 3.88. The van der Waals surface area contributed by atoms with Gasteiger partial charge in [-0.25, -0.2) is 4.68 Å². The van der Waals surface area contributed by atoms with Crippen LogP contribution in [-0.2, 0) is 0 Å². The molecule has 110 valence electrons. The van der Waals surface area contributed by atoms with E-state index in [-0.39, 0.29) is 5.91 Å². The molecule has 0 aliphatic heterocycles. The first kappa shape index (κ1) is 15.6. The molecule has 1 N–H and O–H groups in total. The number of rotatable bonds is 5. The third kappa shape index (κ3) is 4.09. The molecule has 0 aliphatic carbocycles. The Labute approximate surface area is 133 Å². The van der Waals surface area contributed by atoms with Crippen LogP contribution in [0.2, 0.25) is 10.0 Å². The van der Waals surface area contributed by atoms with Gasteiger partial charge < -0.3 is 5.32 Å². The summed E-state index contributed by atoms with van der Waals surface area (Å²) < 4.78 is 1.59. The predicted molar refractivity (Wildman–Crippen MR) is 85.3 cm³/mol. The van der Waals surface area contributed by atoms with Crippen LogP contribution >= 0.6 is 23.2 Å². The molecule has 0 spiro atoms. The summed E-state index contributed by atoms with van der Waals surface area (Å²) in [5.74, 6) is -0.196. The minimum Gasteiger partial charge on any atom is -0.350 e. The number of hydrogen-bond donors (Lipinski definition) is 1. The van der Waals surface area contributed by atoms with Gasteiger partial charge in [-0.05, 0) is 37.6 Å².